The van der Waals surface area contributed by atoms with E-state index in [0.717, 1.165) is 17.7 Å². The maximum absolute atomic E-state index is 11.9. The van der Waals surface area contributed by atoms with Crippen LogP contribution < -0.4 is 4.74 Å². The molecule has 0 N–H and O–H groups in total. The molecule has 0 bridgehead atoms. The van der Waals surface area contributed by atoms with Crippen molar-refractivity contribution in [2.45, 2.75) is 19.8 Å². The van der Waals surface area contributed by atoms with E-state index < -0.39 is 0 Å². The van der Waals surface area contributed by atoms with Crippen LogP contribution in [0.2, 0.25) is 0 Å². The number of hydrogen-bond acceptors (Lipinski definition) is 3. The molecular formula is C16H17NO2. The van der Waals surface area contributed by atoms with Gasteiger partial charge in [-0.05, 0) is 43.2 Å². The van der Waals surface area contributed by atoms with Crippen molar-refractivity contribution in [3.63, 3.8) is 0 Å². The zero-order valence-corrected chi connectivity index (χ0v) is 11.0. The number of aryl methyl sites for hydroxylation is 1. The lowest BCUT2D eigenvalue weighted by molar-refractivity contribution is 0.0982. The number of aromatic nitrogens is 1. The maximum Gasteiger partial charge on any atom is 0.164 e. The van der Waals surface area contributed by atoms with Crippen LogP contribution in [-0.2, 0) is 6.42 Å². The second kappa shape index (κ2) is 6.69. The first-order chi connectivity index (χ1) is 9.29. The summed E-state index contributed by atoms with van der Waals surface area (Å²) in [7, 11) is 0. The molecule has 1 aromatic carbocycles. The summed E-state index contributed by atoms with van der Waals surface area (Å²) in [4.78, 5) is 15.9. The summed E-state index contributed by atoms with van der Waals surface area (Å²) in [6, 6.07) is 11.5. The highest BCUT2D eigenvalue weighted by Crippen LogP contribution is 2.14. The molecule has 1 heterocycles. The Balaban J connectivity index is 1.90. The predicted octanol–water partition coefficient (Wildman–Crippen LogP) is 3.30. The molecule has 98 valence electrons. The van der Waals surface area contributed by atoms with E-state index in [9.17, 15) is 4.79 Å². The third-order valence-electron chi connectivity index (χ3n) is 2.86. The SMILES string of the molecule is CCOc1ccc(CCC(=O)c2cccnc2)cc1. The highest BCUT2D eigenvalue weighted by molar-refractivity contribution is 5.95. The van der Waals surface area contributed by atoms with Gasteiger partial charge in [0.1, 0.15) is 5.75 Å². The largest absolute Gasteiger partial charge is 0.494 e. The Morgan fingerprint density at radius 3 is 2.63 bits per heavy atom. The summed E-state index contributed by atoms with van der Waals surface area (Å²) in [5.74, 6) is 0.992. The van der Waals surface area contributed by atoms with Crippen molar-refractivity contribution in [2.75, 3.05) is 6.61 Å². The first-order valence-corrected chi connectivity index (χ1v) is 6.44. The van der Waals surface area contributed by atoms with Gasteiger partial charge in [-0.1, -0.05) is 12.1 Å². The molecular weight excluding hydrogens is 238 g/mol. The molecule has 0 spiro atoms. The van der Waals surface area contributed by atoms with E-state index >= 15 is 0 Å². The summed E-state index contributed by atoms with van der Waals surface area (Å²) >= 11 is 0. The number of carbonyl (C=O) groups is 1. The Kier molecular flexibility index (Phi) is 4.67. The lowest BCUT2D eigenvalue weighted by Gasteiger charge is -2.05. The van der Waals surface area contributed by atoms with Gasteiger partial charge in [-0.25, -0.2) is 0 Å². The quantitative estimate of drug-likeness (QED) is 0.743. The van der Waals surface area contributed by atoms with Crippen LogP contribution in [0.4, 0.5) is 0 Å². The Morgan fingerprint density at radius 2 is 2.00 bits per heavy atom. The van der Waals surface area contributed by atoms with Crippen LogP contribution >= 0.6 is 0 Å². The monoisotopic (exact) mass is 255 g/mol. The van der Waals surface area contributed by atoms with Gasteiger partial charge in [0.15, 0.2) is 5.78 Å². The van der Waals surface area contributed by atoms with Gasteiger partial charge in [0.25, 0.3) is 0 Å². The molecule has 0 saturated carbocycles. The summed E-state index contributed by atoms with van der Waals surface area (Å²) in [6.07, 6.45) is 4.52. The molecule has 0 aliphatic rings. The number of hydrogen-bond donors (Lipinski definition) is 0. The third kappa shape index (κ3) is 3.91. The van der Waals surface area contributed by atoms with Gasteiger partial charge in [0.05, 0.1) is 6.61 Å². The standard InChI is InChI=1S/C16H17NO2/c1-2-19-15-8-5-13(6-9-15)7-10-16(18)14-4-3-11-17-12-14/h3-6,8-9,11-12H,2,7,10H2,1H3. The number of ether oxygens (including phenoxy) is 1. The molecule has 0 aliphatic heterocycles. The zero-order chi connectivity index (χ0) is 13.5. The van der Waals surface area contributed by atoms with Crippen LogP contribution in [0.3, 0.4) is 0 Å². The minimum Gasteiger partial charge on any atom is -0.494 e. The number of ketones is 1. The summed E-state index contributed by atoms with van der Waals surface area (Å²) in [5.41, 5.74) is 1.81. The van der Waals surface area contributed by atoms with Crippen LogP contribution in [-0.4, -0.2) is 17.4 Å². The first-order valence-electron chi connectivity index (χ1n) is 6.44. The molecule has 3 heteroatoms. The number of pyridine rings is 1. The van der Waals surface area contributed by atoms with Gasteiger partial charge in [0, 0.05) is 24.4 Å². The molecule has 2 rings (SSSR count). The minimum absolute atomic E-state index is 0.127. The average Bonchev–Trinajstić information content (AvgIpc) is 2.47. The Hall–Kier alpha value is -2.16. The van der Waals surface area contributed by atoms with E-state index in [4.69, 9.17) is 4.74 Å². The molecule has 0 unspecified atom stereocenters. The van der Waals surface area contributed by atoms with Gasteiger partial charge in [-0.2, -0.15) is 0 Å². The number of rotatable bonds is 6. The number of nitrogens with zero attached hydrogens (tertiary/aromatic N) is 1. The second-order valence-corrected chi connectivity index (χ2v) is 4.24. The molecule has 1 aromatic heterocycles. The third-order valence-corrected chi connectivity index (χ3v) is 2.86. The van der Waals surface area contributed by atoms with E-state index in [1.54, 1.807) is 24.5 Å². The minimum atomic E-state index is 0.127. The fraction of sp³-hybridized carbons (Fsp3) is 0.250. The fourth-order valence-electron chi connectivity index (χ4n) is 1.85. The Labute approximate surface area is 113 Å². The Morgan fingerprint density at radius 1 is 1.21 bits per heavy atom. The predicted molar refractivity (Wildman–Crippen MR) is 74.5 cm³/mol. The highest BCUT2D eigenvalue weighted by atomic mass is 16.5. The van der Waals surface area contributed by atoms with Crippen LogP contribution in [0.5, 0.6) is 5.75 Å². The van der Waals surface area contributed by atoms with Gasteiger partial charge in [-0.3, -0.25) is 9.78 Å². The van der Waals surface area contributed by atoms with Crippen LogP contribution in [0, 0.1) is 0 Å². The number of Topliss-reactive ketones (excluding diaryl/α,β-unsaturated/α-hetero) is 1. The molecule has 0 aliphatic carbocycles. The molecule has 0 atom stereocenters. The number of carbonyl (C=O) groups excluding carboxylic acids is 1. The van der Waals surface area contributed by atoms with Crippen molar-refractivity contribution < 1.29 is 9.53 Å². The van der Waals surface area contributed by atoms with Crippen molar-refractivity contribution >= 4 is 5.78 Å². The highest BCUT2D eigenvalue weighted by Gasteiger charge is 2.05. The smallest absolute Gasteiger partial charge is 0.164 e. The van der Waals surface area contributed by atoms with Crippen molar-refractivity contribution in [1.29, 1.82) is 0 Å². The first kappa shape index (κ1) is 13.3. The molecule has 0 fully saturated rings. The molecule has 19 heavy (non-hydrogen) atoms. The van der Waals surface area contributed by atoms with Crippen LogP contribution in [0.25, 0.3) is 0 Å². The molecule has 2 aromatic rings. The summed E-state index contributed by atoms with van der Waals surface area (Å²) in [5, 5.41) is 0. The van der Waals surface area contributed by atoms with Gasteiger partial charge < -0.3 is 4.74 Å². The van der Waals surface area contributed by atoms with E-state index in [1.807, 2.05) is 31.2 Å². The van der Waals surface area contributed by atoms with Gasteiger partial charge in [0.2, 0.25) is 0 Å². The normalized spacial score (nSPS) is 10.2. The summed E-state index contributed by atoms with van der Waals surface area (Å²) in [6.45, 7) is 2.62. The summed E-state index contributed by atoms with van der Waals surface area (Å²) < 4.78 is 5.38. The van der Waals surface area contributed by atoms with Crippen LogP contribution in [0.1, 0.15) is 29.3 Å². The van der Waals surface area contributed by atoms with E-state index in [-0.39, 0.29) is 5.78 Å². The topological polar surface area (TPSA) is 39.2 Å². The molecule has 3 nitrogen and oxygen atoms in total. The lowest BCUT2D eigenvalue weighted by atomic mass is 10.0. The molecule has 0 saturated heterocycles. The average molecular weight is 255 g/mol. The van der Waals surface area contributed by atoms with Crippen molar-refractivity contribution in [3.8, 4) is 5.75 Å². The molecule has 0 amide bonds. The number of benzene rings is 1. The zero-order valence-electron chi connectivity index (χ0n) is 11.0. The van der Waals surface area contributed by atoms with Crippen molar-refractivity contribution in [1.82, 2.24) is 4.98 Å². The van der Waals surface area contributed by atoms with Crippen molar-refractivity contribution in [3.05, 3.63) is 59.9 Å². The van der Waals surface area contributed by atoms with E-state index in [2.05, 4.69) is 4.98 Å². The van der Waals surface area contributed by atoms with E-state index in [1.165, 1.54) is 0 Å². The van der Waals surface area contributed by atoms with Gasteiger partial charge >= 0.3 is 0 Å². The van der Waals surface area contributed by atoms with Crippen LogP contribution in [0.15, 0.2) is 48.8 Å². The van der Waals surface area contributed by atoms with E-state index in [0.29, 0.717) is 18.6 Å². The second-order valence-electron chi connectivity index (χ2n) is 4.24. The Bertz CT molecular complexity index is 520. The maximum atomic E-state index is 11.9. The lowest BCUT2D eigenvalue weighted by Crippen LogP contribution is -2.01. The van der Waals surface area contributed by atoms with Crippen molar-refractivity contribution in [2.24, 2.45) is 0 Å². The molecule has 0 radical (unpaired) electrons. The fourth-order valence-corrected chi connectivity index (χ4v) is 1.85. The van der Waals surface area contributed by atoms with Gasteiger partial charge in [-0.15, -0.1) is 0 Å².